The Morgan fingerprint density at radius 3 is 1.09 bits per heavy atom. The molecule has 0 fully saturated rings. The van der Waals surface area contributed by atoms with Crippen LogP contribution in [0.25, 0.3) is 21.5 Å². The summed E-state index contributed by atoms with van der Waals surface area (Å²) in [4.78, 5) is 21.9. The van der Waals surface area contributed by atoms with Gasteiger partial charge in [0.2, 0.25) is 0 Å². The normalized spacial score (nSPS) is 13.5. The lowest BCUT2D eigenvalue weighted by Gasteiger charge is -2.37. The van der Waals surface area contributed by atoms with Crippen LogP contribution in [0.3, 0.4) is 0 Å². The van der Waals surface area contributed by atoms with Gasteiger partial charge in [-0.25, -0.2) is 14.8 Å². The zero-order valence-corrected chi connectivity index (χ0v) is 52.2. The van der Waals surface area contributed by atoms with Crippen LogP contribution in [0.15, 0.2) is 280 Å². The van der Waals surface area contributed by atoms with Crippen LogP contribution in [0.2, 0.25) is 0 Å². The molecule has 2 unspecified atom stereocenters. The van der Waals surface area contributed by atoms with Gasteiger partial charge < -0.3 is 28.3 Å². The van der Waals surface area contributed by atoms with Crippen molar-refractivity contribution in [2.75, 3.05) is 7.11 Å². The fourth-order valence-corrected chi connectivity index (χ4v) is 13.2. The molecule has 12 aromatic rings. The molecular weight excluding hydrogens is 1180 g/mol. The third kappa shape index (κ3) is 12.3. The van der Waals surface area contributed by atoms with Crippen LogP contribution in [-0.2, 0) is 37.1 Å². The Bertz CT molecular complexity index is 4420. The molecule has 466 valence electrons. The number of ether oxygens (including phenoxy) is 1. The zero-order valence-electron chi connectivity index (χ0n) is 51.4. The molecular formula is C77H69F3N4O7S. The number of imidazole rings is 2. The van der Waals surface area contributed by atoms with E-state index in [4.69, 9.17) is 14.7 Å². The van der Waals surface area contributed by atoms with E-state index in [1.807, 2.05) is 140 Å². The number of esters is 1. The number of methoxy groups -OCH3 is 1. The highest BCUT2D eigenvalue weighted by Gasteiger charge is 2.49. The molecule has 12 rings (SSSR count). The van der Waals surface area contributed by atoms with Gasteiger partial charge in [0, 0.05) is 12.4 Å². The van der Waals surface area contributed by atoms with Crippen LogP contribution in [-0.4, -0.2) is 56.3 Å². The van der Waals surface area contributed by atoms with E-state index in [-0.39, 0.29) is 17.8 Å². The van der Waals surface area contributed by atoms with Gasteiger partial charge in [-0.2, -0.15) is 21.6 Å². The Labute approximate surface area is 533 Å². The lowest BCUT2D eigenvalue weighted by atomic mass is 9.76. The largest absolute Gasteiger partial charge is 0.534 e. The van der Waals surface area contributed by atoms with E-state index in [1.54, 1.807) is 30.6 Å². The summed E-state index contributed by atoms with van der Waals surface area (Å²) in [6.45, 7) is 8.20. The maximum Gasteiger partial charge on any atom is 0.534 e. The van der Waals surface area contributed by atoms with E-state index in [1.165, 1.54) is 19.2 Å². The van der Waals surface area contributed by atoms with Gasteiger partial charge in [0.15, 0.2) is 0 Å². The Hall–Kier alpha value is -9.93. The van der Waals surface area contributed by atoms with Gasteiger partial charge in [-0.3, -0.25) is 0 Å². The third-order valence-corrected chi connectivity index (χ3v) is 17.8. The van der Waals surface area contributed by atoms with Gasteiger partial charge in [-0.15, -0.1) is 0 Å². The van der Waals surface area contributed by atoms with E-state index < -0.39 is 43.7 Å². The highest BCUT2D eigenvalue weighted by Crippen LogP contribution is 2.46. The molecule has 0 amide bonds. The molecule has 0 aliphatic heterocycles. The number of carbonyl (C=O) groups is 1. The molecule has 0 spiro atoms. The number of rotatable bonds is 19. The number of nitrogens with zero attached hydrogens (tertiary/aromatic N) is 4. The second-order valence-corrected chi connectivity index (χ2v) is 25.4. The summed E-state index contributed by atoms with van der Waals surface area (Å²) in [6.07, 6.45) is 8.25. The molecule has 0 bridgehead atoms. The monoisotopic (exact) mass is 1250 g/mol. The molecule has 2 atom stereocenters. The van der Waals surface area contributed by atoms with Crippen molar-refractivity contribution < 1.29 is 45.5 Å². The molecule has 0 saturated heterocycles. The van der Waals surface area contributed by atoms with E-state index >= 15 is 0 Å². The second-order valence-electron chi connectivity index (χ2n) is 23.8. The average Bonchev–Trinajstić information content (AvgIpc) is 1.37. The Morgan fingerprint density at radius 1 is 0.446 bits per heavy atom. The van der Waals surface area contributed by atoms with Crippen molar-refractivity contribution in [3.63, 3.8) is 0 Å². The first-order valence-corrected chi connectivity index (χ1v) is 31.7. The number of fused-ring (bicyclic) bond motifs is 2. The van der Waals surface area contributed by atoms with Crippen LogP contribution in [0.1, 0.15) is 107 Å². The van der Waals surface area contributed by atoms with Gasteiger partial charge >= 0.3 is 21.6 Å². The minimum absolute atomic E-state index is 0.0429. The lowest BCUT2D eigenvalue weighted by molar-refractivity contribution is -0.0500. The topological polar surface area (TPSA) is 146 Å². The first kappa shape index (κ1) is 63.6. The third-order valence-electron chi connectivity index (χ3n) is 16.9. The van der Waals surface area contributed by atoms with E-state index in [0.29, 0.717) is 46.1 Å². The molecule has 15 heteroatoms. The molecule has 0 aliphatic rings. The summed E-state index contributed by atoms with van der Waals surface area (Å²) in [6, 6.07) is 81.8. The van der Waals surface area contributed by atoms with Crippen molar-refractivity contribution in [1.29, 1.82) is 0 Å². The standard InChI is InChI=1S/C39H36N2O3.C38H33F3N2O4S/c1-28(2)25-38(43,35-22-21-29-23-31(37(42)44-3)20-19-30(29)24-35)36-26-41(27-40-36)39(32-13-7-4-8-14-32,33-15-9-5-10-16-33)34-17-11-6-12-18-34;1-27(2)24-36(44,33-20-18-29-23-34(21-19-28(29)22-33)47-48(45,46)38(39,40)41)35-25-43(26-42-35)37(30-12-6-3-7-13-30,31-14-8-4-9-15-31)32-16-10-5-11-17-32/h4-24,26-28,43H,25H2,1-3H3;3-23,25-27,44H,24H2,1-2H3. The SMILES string of the molecule is CC(C)CC(O)(c1ccc2cc(OS(=O)(=O)C(F)(F)F)ccc2c1)c1cn(C(c2ccccc2)(c2ccccc2)c2ccccc2)cn1.COC(=O)c1ccc2cc(C(O)(CC(C)C)c3cn(C(c4ccccc4)(c4ccccc4)c4ccccc4)cn3)ccc2c1. The summed E-state index contributed by atoms with van der Waals surface area (Å²) in [5.74, 6) is -0.620. The molecule has 0 aliphatic carbocycles. The predicted molar refractivity (Wildman–Crippen MR) is 353 cm³/mol. The second kappa shape index (κ2) is 26.1. The fraction of sp³-hybridized carbons (Fsp3) is 0.182. The number of hydrogen-bond donors (Lipinski definition) is 2. The number of halogens is 3. The number of alkyl halides is 3. The van der Waals surface area contributed by atoms with Gasteiger partial charge in [-0.05, 0) is 127 Å². The molecule has 2 heterocycles. The van der Waals surface area contributed by atoms with Crippen molar-refractivity contribution in [1.82, 2.24) is 19.1 Å². The number of aliphatic hydroxyl groups is 2. The number of carbonyl (C=O) groups excluding carboxylic acids is 1. The molecule has 92 heavy (non-hydrogen) atoms. The summed E-state index contributed by atoms with van der Waals surface area (Å²) in [5, 5.41) is 28.0. The van der Waals surface area contributed by atoms with Gasteiger partial charge in [0.1, 0.15) is 28.0 Å². The molecule has 0 saturated carbocycles. The summed E-state index contributed by atoms with van der Waals surface area (Å²) < 4.78 is 75.2. The lowest BCUT2D eigenvalue weighted by Crippen LogP contribution is -2.37. The van der Waals surface area contributed by atoms with Crippen molar-refractivity contribution >= 4 is 37.6 Å². The van der Waals surface area contributed by atoms with Crippen LogP contribution in [0, 0.1) is 11.8 Å². The summed E-state index contributed by atoms with van der Waals surface area (Å²) in [7, 11) is -4.44. The highest BCUT2D eigenvalue weighted by molar-refractivity contribution is 7.88. The molecule has 11 nitrogen and oxygen atoms in total. The van der Waals surface area contributed by atoms with Crippen LogP contribution >= 0.6 is 0 Å². The van der Waals surface area contributed by atoms with Crippen molar-refractivity contribution in [3.05, 3.63) is 341 Å². The minimum Gasteiger partial charge on any atom is -0.465 e. The fourth-order valence-electron chi connectivity index (χ4n) is 12.8. The molecule has 0 radical (unpaired) electrons. The van der Waals surface area contributed by atoms with E-state index in [0.717, 1.165) is 55.8 Å². The minimum atomic E-state index is -5.82. The Kier molecular flexibility index (Phi) is 18.1. The zero-order chi connectivity index (χ0) is 64.9. The first-order chi connectivity index (χ1) is 44.2. The quantitative estimate of drug-likeness (QED) is 0.0350. The number of benzene rings is 10. The number of hydrogen-bond acceptors (Lipinski definition) is 9. The average molecular weight is 1250 g/mol. The highest BCUT2D eigenvalue weighted by atomic mass is 32.2. The summed E-state index contributed by atoms with van der Waals surface area (Å²) in [5.41, 5.74) is -1.06. The Balaban J connectivity index is 0.000000189. The summed E-state index contributed by atoms with van der Waals surface area (Å²) >= 11 is 0. The maximum atomic E-state index is 12.9. The van der Waals surface area contributed by atoms with E-state index in [2.05, 4.69) is 132 Å². The molecule has 10 aromatic carbocycles. The smallest absolute Gasteiger partial charge is 0.465 e. The van der Waals surface area contributed by atoms with Gasteiger partial charge in [0.25, 0.3) is 0 Å². The molecule has 2 aromatic heterocycles. The van der Waals surface area contributed by atoms with Gasteiger partial charge in [-0.1, -0.05) is 246 Å². The number of aromatic nitrogens is 4. The van der Waals surface area contributed by atoms with Crippen LogP contribution < -0.4 is 4.18 Å². The molecule has 2 N–H and O–H groups in total. The van der Waals surface area contributed by atoms with Crippen molar-refractivity contribution in [2.45, 2.75) is 68.3 Å². The maximum absolute atomic E-state index is 12.9. The van der Waals surface area contributed by atoms with E-state index in [9.17, 15) is 36.6 Å². The Morgan fingerprint density at radius 2 is 0.761 bits per heavy atom. The van der Waals surface area contributed by atoms with Crippen molar-refractivity contribution in [2.24, 2.45) is 11.8 Å². The van der Waals surface area contributed by atoms with Gasteiger partial charge in [0.05, 0.1) is 36.7 Å². The van der Waals surface area contributed by atoms with Crippen LogP contribution in [0.5, 0.6) is 5.75 Å². The van der Waals surface area contributed by atoms with Crippen molar-refractivity contribution in [3.8, 4) is 5.75 Å². The predicted octanol–water partition coefficient (Wildman–Crippen LogP) is 16.3. The first-order valence-electron chi connectivity index (χ1n) is 30.3. The van der Waals surface area contributed by atoms with Crippen LogP contribution in [0.4, 0.5) is 13.2 Å².